The van der Waals surface area contributed by atoms with Crippen LogP contribution in [0.15, 0.2) is 24.3 Å². The molecule has 3 heteroatoms. The van der Waals surface area contributed by atoms with Gasteiger partial charge in [0, 0.05) is 6.66 Å². The predicted molar refractivity (Wildman–Crippen MR) is 46.7 cm³/mol. The first kappa shape index (κ1) is 8.35. The lowest BCUT2D eigenvalue weighted by Crippen LogP contribution is -1.78. The van der Waals surface area contributed by atoms with Gasteiger partial charge in [-0.05, 0) is 19.1 Å². The summed E-state index contributed by atoms with van der Waals surface area (Å²) in [6.45, 7) is 3.57. The number of hydrogen-bond acceptors (Lipinski definition) is 2. The van der Waals surface area contributed by atoms with Crippen LogP contribution >= 0.6 is 8.03 Å². The summed E-state index contributed by atoms with van der Waals surface area (Å²) in [5.41, 5.74) is 1.17. The van der Waals surface area contributed by atoms with Crippen LogP contribution in [0.1, 0.15) is 5.56 Å². The van der Waals surface area contributed by atoms with Crippen LogP contribution < -0.4 is 4.52 Å². The summed E-state index contributed by atoms with van der Waals surface area (Å²) < 4.78 is 15.7. The Hall–Kier alpha value is -0.750. The van der Waals surface area contributed by atoms with Crippen LogP contribution in [0.4, 0.5) is 0 Å². The molecule has 1 atom stereocenters. The van der Waals surface area contributed by atoms with Gasteiger partial charge in [-0.2, -0.15) is 0 Å². The van der Waals surface area contributed by atoms with Gasteiger partial charge in [0.2, 0.25) is 8.03 Å². The van der Waals surface area contributed by atoms with E-state index in [1.54, 1.807) is 6.66 Å². The molecule has 0 aliphatic carbocycles. The largest absolute Gasteiger partial charge is 0.445 e. The molecule has 0 saturated carbocycles. The maximum Gasteiger partial charge on any atom is 0.233 e. The lowest BCUT2D eigenvalue weighted by atomic mass is 10.2. The molecular weight excluding hydrogens is 159 g/mol. The van der Waals surface area contributed by atoms with Crippen LogP contribution in [0.25, 0.3) is 0 Å². The molecule has 1 aromatic carbocycles. The lowest BCUT2D eigenvalue weighted by Gasteiger charge is -2.01. The highest BCUT2D eigenvalue weighted by Crippen LogP contribution is 2.22. The number of rotatable bonds is 2. The average molecular weight is 170 g/mol. The van der Waals surface area contributed by atoms with Crippen molar-refractivity contribution in [2.75, 3.05) is 6.66 Å². The van der Waals surface area contributed by atoms with Gasteiger partial charge in [-0.1, -0.05) is 17.7 Å². The highest BCUT2D eigenvalue weighted by atomic mass is 31.1. The van der Waals surface area contributed by atoms with Crippen molar-refractivity contribution < 1.29 is 9.09 Å². The smallest absolute Gasteiger partial charge is 0.233 e. The van der Waals surface area contributed by atoms with Gasteiger partial charge in [0.25, 0.3) is 0 Å². The number of benzene rings is 1. The van der Waals surface area contributed by atoms with Crippen molar-refractivity contribution >= 4 is 8.03 Å². The van der Waals surface area contributed by atoms with E-state index in [0.717, 1.165) is 0 Å². The summed E-state index contributed by atoms with van der Waals surface area (Å²) in [7, 11) is -1.85. The van der Waals surface area contributed by atoms with Gasteiger partial charge in [0.15, 0.2) is 0 Å². The molecule has 0 fully saturated rings. The van der Waals surface area contributed by atoms with E-state index in [1.165, 1.54) is 5.56 Å². The Morgan fingerprint density at radius 2 is 1.82 bits per heavy atom. The second-order valence-electron chi connectivity index (χ2n) is 2.41. The molecule has 60 valence electrons. The van der Waals surface area contributed by atoms with Gasteiger partial charge in [-0.25, -0.2) is 0 Å². The normalized spacial score (nSPS) is 12.5. The van der Waals surface area contributed by atoms with Gasteiger partial charge in [0.05, 0.1) is 0 Å². The van der Waals surface area contributed by atoms with Gasteiger partial charge in [-0.3, -0.25) is 4.57 Å². The van der Waals surface area contributed by atoms with Gasteiger partial charge >= 0.3 is 0 Å². The topological polar surface area (TPSA) is 26.3 Å². The maximum atomic E-state index is 10.7. The summed E-state index contributed by atoms with van der Waals surface area (Å²) >= 11 is 0. The molecule has 11 heavy (non-hydrogen) atoms. The molecule has 0 aliphatic rings. The summed E-state index contributed by atoms with van der Waals surface area (Å²) in [6.07, 6.45) is 0. The fourth-order valence-electron chi connectivity index (χ4n) is 0.772. The molecule has 0 bridgehead atoms. The van der Waals surface area contributed by atoms with E-state index >= 15 is 0 Å². The molecule has 1 aromatic rings. The molecule has 1 unspecified atom stereocenters. The van der Waals surface area contributed by atoms with E-state index in [4.69, 9.17) is 4.52 Å². The molecule has 0 saturated heterocycles. The second-order valence-corrected chi connectivity index (χ2v) is 3.59. The third kappa shape index (κ3) is 2.77. The standard InChI is InChI=1S/C8H11O2P/c1-7-3-5-8(6-4-7)10-11(2)9/h3-6,11H,1-2H3. The van der Waals surface area contributed by atoms with Crippen LogP contribution in [0.2, 0.25) is 0 Å². The monoisotopic (exact) mass is 170 g/mol. The van der Waals surface area contributed by atoms with E-state index < -0.39 is 8.03 Å². The van der Waals surface area contributed by atoms with Crippen LogP contribution in [-0.4, -0.2) is 6.66 Å². The van der Waals surface area contributed by atoms with Crippen molar-refractivity contribution in [2.24, 2.45) is 0 Å². The quantitative estimate of drug-likeness (QED) is 0.637. The molecule has 0 radical (unpaired) electrons. The fourth-order valence-corrected chi connectivity index (χ4v) is 1.24. The minimum atomic E-state index is -1.85. The zero-order valence-corrected chi connectivity index (χ0v) is 7.63. The first-order valence-electron chi connectivity index (χ1n) is 3.43. The van der Waals surface area contributed by atoms with Crippen molar-refractivity contribution in [3.63, 3.8) is 0 Å². The van der Waals surface area contributed by atoms with E-state index in [2.05, 4.69) is 0 Å². The summed E-state index contributed by atoms with van der Waals surface area (Å²) in [6, 6.07) is 7.50. The summed E-state index contributed by atoms with van der Waals surface area (Å²) in [4.78, 5) is 0. The predicted octanol–water partition coefficient (Wildman–Crippen LogP) is 2.48. The molecule has 0 N–H and O–H groups in total. The minimum Gasteiger partial charge on any atom is -0.445 e. The van der Waals surface area contributed by atoms with Gasteiger partial charge in [-0.15, -0.1) is 0 Å². The Morgan fingerprint density at radius 1 is 1.27 bits per heavy atom. The number of hydrogen-bond donors (Lipinski definition) is 0. The molecule has 0 spiro atoms. The first-order chi connectivity index (χ1) is 5.18. The third-order valence-corrected chi connectivity index (χ3v) is 1.81. The summed E-state index contributed by atoms with van der Waals surface area (Å²) in [5.74, 6) is 0.682. The molecule has 2 nitrogen and oxygen atoms in total. The average Bonchev–Trinajstić information content (AvgIpc) is 1.93. The van der Waals surface area contributed by atoms with Gasteiger partial charge < -0.3 is 4.52 Å². The molecular formula is C8H11O2P. The van der Waals surface area contributed by atoms with Gasteiger partial charge in [0.1, 0.15) is 5.75 Å². The van der Waals surface area contributed by atoms with Crippen LogP contribution in [0.5, 0.6) is 5.75 Å². The van der Waals surface area contributed by atoms with Crippen LogP contribution in [0, 0.1) is 6.92 Å². The van der Waals surface area contributed by atoms with Crippen LogP contribution in [-0.2, 0) is 4.57 Å². The molecule has 0 aliphatic heterocycles. The van der Waals surface area contributed by atoms with Crippen molar-refractivity contribution in [3.05, 3.63) is 29.8 Å². The Bertz CT molecular complexity index is 253. The van der Waals surface area contributed by atoms with Crippen LogP contribution in [0.3, 0.4) is 0 Å². The Balaban J connectivity index is 2.74. The zero-order valence-electron chi connectivity index (χ0n) is 6.63. The zero-order chi connectivity index (χ0) is 8.27. The van der Waals surface area contributed by atoms with E-state index in [9.17, 15) is 4.57 Å². The van der Waals surface area contributed by atoms with Crippen molar-refractivity contribution in [1.82, 2.24) is 0 Å². The van der Waals surface area contributed by atoms with E-state index in [-0.39, 0.29) is 0 Å². The second kappa shape index (κ2) is 3.59. The van der Waals surface area contributed by atoms with Crippen molar-refractivity contribution in [3.8, 4) is 5.75 Å². The maximum absolute atomic E-state index is 10.7. The fraction of sp³-hybridized carbons (Fsp3) is 0.250. The van der Waals surface area contributed by atoms with E-state index in [1.807, 2.05) is 31.2 Å². The minimum absolute atomic E-state index is 0.682. The Morgan fingerprint density at radius 3 is 2.27 bits per heavy atom. The van der Waals surface area contributed by atoms with Crippen molar-refractivity contribution in [1.29, 1.82) is 0 Å². The molecule has 0 amide bonds. The van der Waals surface area contributed by atoms with E-state index in [0.29, 0.717) is 5.75 Å². The molecule has 0 aromatic heterocycles. The summed E-state index contributed by atoms with van der Waals surface area (Å²) in [5, 5.41) is 0. The highest BCUT2D eigenvalue weighted by molar-refractivity contribution is 7.38. The molecule has 1 rings (SSSR count). The molecule has 0 heterocycles. The highest BCUT2D eigenvalue weighted by Gasteiger charge is 1.93. The SMILES string of the molecule is Cc1ccc(O[PH](C)=O)cc1. The van der Waals surface area contributed by atoms with Crippen molar-refractivity contribution in [2.45, 2.75) is 6.92 Å². The third-order valence-electron chi connectivity index (χ3n) is 1.28. The Labute approximate surface area is 67.1 Å². The lowest BCUT2D eigenvalue weighted by molar-refractivity contribution is 0.510. The number of aryl methyl sites for hydroxylation is 1. The first-order valence-corrected chi connectivity index (χ1v) is 5.25. The Kier molecular flexibility index (Phi) is 2.72.